The first-order valence-electron chi connectivity index (χ1n) is 5.16. The van der Waals surface area contributed by atoms with Gasteiger partial charge in [0, 0.05) is 16.9 Å². The molecule has 0 spiro atoms. The Bertz CT molecular complexity index is 479. The van der Waals surface area contributed by atoms with E-state index in [2.05, 4.69) is 26.4 Å². The molecule has 7 heteroatoms. The summed E-state index contributed by atoms with van der Waals surface area (Å²) in [6, 6.07) is 3.49. The molecule has 5 nitrogen and oxygen atoms in total. The third-order valence-electron chi connectivity index (χ3n) is 2.20. The van der Waals surface area contributed by atoms with E-state index in [9.17, 15) is 9.18 Å². The molecule has 98 valence electrons. The molecule has 1 rings (SSSR count). The van der Waals surface area contributed by atoms with Gasteiger partial charge in [-0.15, -0.1) is 0 Å². The molecular weight excluding hydrogens is 305 g/mol. The Labute approximate surface area is 112 Å². The molecule has 0 saturated carbocycles. The monoisotopic (exact) mass is 317 g/mol. The number of oxime groups is 1. The van der Waals surface area contributed by atoms with Gasteiger partial charge < -0.3 is 16.3 Å². The van der Waals surface area contributed by atoms with Crippen molar-refractivity contribution in [2.24, 2.45) is 10.9 Å². The Balaban J connectivity index is 2.71. The van der Waals surface area contributed by atoms with Crippen LogP contribution in [-0.4, -0.2) is 23.0 Å². The number of nitrogens with one attached hydrogen (secondary N) is 1. The van der Waals surface area contributed by atoms with Crippen LogP contribution in [0.3, 0.4) is 0 Å². The van der Waals surface area contributed by atoms with E-state index >= 15 is 0 Å². The van der Waals surface area contributed by atoms with Gasteiger partial charge in [-0.05, 0) is 41.1 Å². The number of rotatable bonds is 4. The lowest BCUT2D eigenvalue weighted by molar-refractivity contribution is 0.0940. The van der Waals surface area contributed by atoms with Gasteiger partial charge in [0.15, 0.2) is 0 Å². The first-order chi connectivity index (χ1) is 8.43. The number of amidine groups is 1. The number of carbonyl (C=O) groups excluding carboxylic acids is 1. The number of hydrogen-bond acceptors (Lipinski definition) is 3. The standard InChI is InChI=1S/C11H13BrFN3O2/c1-6(4-10(14)16-18)15-11(17)8-3-2-7(13)5-9(8)12/h2-3,5-6,18H,4H2,1H3,(H2,14,16)(H,15,17). The van der Waals surface area contributed by atoms with Crippen LogP contribution in [0.5, 0.6) is 0 Å². The van der Waals surface area contributed by atoms with E-state index in [0.717, 1.165) is 0 Å². The number of benzene rings is 1. The first-order valence-corrected chi connectivity index (χ1v) is 5.95. The van der Waals surface area contributed by atoms with Crippen molar-refractivity contribution in [2.75, 3.05) is 0 Å². The first kappa shape index (κ1) is 14.4. The third-order valence-corrected chi connectivity index (χ3v) is 2.85. The topological polar surface area (TPSA) is 87.7 Å². The maximum Gasteiger partial charge on any atom is 0.252 e. The van der Waals surface area contributed by atoms with Crippen LogP contribution in [0.25, 0.3) is 0 Å². The fourth-order valence-electron chi connectivity index (χ4n) is 1.38. The number of nitrogens with zero attached hydrogens (tertiary/aromatic N) is 1. The summed E-state index contributed by atoms with van der Waals surface area (Å²) in [5, 5.41) is 13.9. The van der Waals surface area contributed by atoms with Gasteiger partial charge in [-0.2, -0.15) is 0 Å². The number of carbonyl (C=O) groups is 1. The lowest BCUT2D eigenvalue weighted by Gasteiger charge is -2.13. The van der Waals surface area contributed by atoms with Gasteiger partial charge in [0.05, 0.1) is 5.56 Å². The van der Waals surface area contributed by atoms with Crippen LogP contribution < -0.4 is 11.1 Å². The molecule has 18 heavy (non-hydrogen) atoms. The van der Waals surface area contributed by atoms with E-state index in [1.165, 1.54) is 18.2 Å². The molecule has 0 heterocycles. The Morgan fingerprint density at radius 2 is 2.33 bits per heavy atom. The number of halogens is 2. The van der Waals surface area contributed by atoms with Gasteiger partial charge in [0.2, 0.25) is 0 Å². The minimum Gasteiger partial charge on any atom is -0.409 e. The molecule has 1 aromatic rings. The van der Waals surface area contributed by atoms with Gasteiger partial charge in [-0.25, -0.2) is 4.39 Å². The van der Waals surface area contributed by atoms with Crippen molar-refractivity contribution in [3.63, 3.8) is 0 Å². The summed E-state index contributed by atoms with van der Waals surface area (Å²) in [5.41, 5.74) is 5.65. The summed E-state index contributed by atoms with van der Waals surface area (Å²) in [4.78, 5) is 11.9. The fourth-order valence-corrected chi connectivity index (χ4v) is 1.91. The average Bonchev–Trinajstić information content (AvgIpc) is 2.28. The van der Waals surface area contributed by atoms with Crippen molar-refractivity contribution in [1.29, 1.82) is 0 Å². The molecule has 0 aliphatic carbocycles. The molecule has 0 fully saturated rings. The highest BCUT2D eigenvalue weighted by atomic mass is 79.9. The Kier molecular flexibility index (Phi) is 5.08. The van der Waals surface area contributed by atoms with Crippen LogP contribution in [-0.2, 0) is 0 Å². The lowest BCUT2D eigenvalue weighted by Crippen LogP contribution is -2.36. The molecule has 0 radical (unpaired) electrons. The van der Waals surface area contributed by atoms with Crippen LogP contribution in [0.2, 0.25) is 0 Å². The summed E-state index contributed by atoms with van der Waals surface area (Å²) in [7, 11) is 0. The Hall–Kier alpha value is -1.63. The minimum atomic E-state index is -0.428. The lowest BCUT2D eigenvalue weighted by atomic mass is 10.1. The molecule has 1 unspecified atom stereocenters. The molecule has 1 atom stereocenters. The van der Waals surface area contributed by atoms with E-state index in [0.29, 0.717) is 10.0 Å². The average molecular weight is 318 g/mol. The van der Waals surface area contributed by atoms with E-state index in [4.69, 9.17) is 10.9 Å². The molecule has 0 aliphatic rings. The third kappa shape index (κ3) is 3.99. The quantitative estimate of drug-likeness (QED) is 0.343. The van der Waals surface area contributed by atoms with E-state index in [1.807, 2.05) is 0 Å². The highest BCUT2D eigenvalue weighted by Gasteiger charge is 2.14. The van der Waals surface area contributed by atoms with Crippen molar-refractivity contribution in [3.05, 3.63) is 34.1 Å². The summed E-state index contributed by atoms with van der Waals surface area (Å²) >= 11 is 3.11. The largest absolute Gasteiger partial charge is 0.409 e. The zero-order valence-corrected chi connectivity index (χ0v) is 11.2. The van der Waals surface area contributed by atoms with Crippen molar-refractivity contribution in [3.8, 4) is 0 Å². The number of amides is 1. The number of hydrogen-bond donors (Lipinski definition) is 3. The SMILES string of the molecule is CC(CC(N)=NO)NC(=O)c1ccc(F)cc1Br. The summed E-state index contributed by atoms with van der Waals surface area (Å²) in [5.74, 6) is -0.760. The normalized spacial score (nSPS) is 13.2. The highest BCUT2D eigenvalue weighted by Crippen LogP contribution is 2.18. The fraction of sp³-hybridized carbons (Fsp3) is 0.273. The molecule has 4 N–H and O–H groups in total. The maximum absolute atomic E-state index is 12.9. The predicted molar refractivity (Wildman–Crippen MR) is 69.1 cm³/mol. The van der Waals surface area contributed by atoms with Gasteiger partial charge in [-0.3, -0.25) is 4.79 Å². The van der Waals surface area contributed by atoms with Crippen molar-refractivity contribution >= 4 is 27.7 Å². The summed E-state index contributed by atoms with van der Waals surface area (Å²) in [6.45, 7) is 1.72. The van der Waals surface area contributed by atoms with Crippen molar-refractivity contribution in [1.82, 2.24) is 5.32 Å². The summed E-state index contributed by atoms with van der Waals surface area (Å²) < 4.78 is 13.2. The van der Waals surface area contributed by atoms with Crippen LogP contribution in [0.1, 0.15) is 23.7 Å². The van der Waals surface area contributed by atoms with Crippen LogP contribution in [0, 0.1) is 5.82 Å². The van der Waals surface area contributed by atoms with E-state index in [-0.39, 0.29) is 24.2 Å². The van der Waals surface area contributed by atoms with Gasteiger partial charge >= 0.3 is 0 Å². The summed E-state index contributed by atoms with van der Waals surface area (Å²) in [6.07, 6.45) is 0.223. The van der Waals surface area contributed by atoms with Crippen molar-refractivity contribution in [2.45, 2.75) is 19.4 Å². The maximum atomic E-state index is 12.9. The smallest absolute Gasteiger partial charge is 0.252 e. The molecule has 0 aliphatic heterocycles. The van der Waals surface area contributed by atoms with Crippen LogP contribution >= 0.6 is 15.9 Å². The molecule has 1 amide bonds. The Morgan fingerprint density at radius 1 is 1.67 bits per heavy atom. The minimum absolute atomic E-state index is 0.0287. The molecule has 0 bridgehead atoms. The van der Waals surface area contributed by atoms with Crippen LogP contribution in [0.15, 0.2) is 27.8 Å². The highest BCUT2D eigenvalue weighted by molar-refractivity contribution is 9.10. The molecular formula is C11H13BrFN3O2. The predicted octanol–water partition coefficient (Wildman–Crippen LogP) is 1.84. The molecule has 1 aromatic carbocycles. The van der Waals surface area contributed by atoms with E-state index in [1.54, 1.807) is 6.92 Å². The second kappa shape index (κ2) is 6.34. The Morgan fingerprint density at radius 3 is 2.89 bits per heavy atom. The number of nitrogens with two attached hydrogens (primary N) is 1. The van der Waals surface area contributed by atoms with Crippen molar-refractivity contribution < 1.29 is 14.4 Å². The zero-order chi connectivity index (χ0) is 13.7. The second-order valence-corrected chi connectivity index (χ2v) is 4.65. The zero-order valence-electron chi connectivity index (χ0n) is 9.65. The van der Waals surface area contributed by atoms with Gasteiger partial charge in [0.25, 0.3) is 5.91 Å². The second-order valence-electron chi connectivity index (χ2n) is 3.79. The molecule has 0 saturated heterocycles. The van der Waals surface area contributed by atoms with Gasteiger partial charge in [-0.1, -0.05) is 5.16 Å². The molecule has 0 aromatic heterocycles. The van der Waals surface area contributed by atoms with Crippen LogP contribution in [0.4, 0.5) is 4.39 Å². The van der Waals surface area contributed by atoms with Gasteiger partial charge in [0.1, 0.15) is 11.7 Å². The van der Waals surface area contributed by atoms with E-state index < -0.39 is 5.82 Å².